The number of nitrogens with one attached hydrogen (secondary N) is 1. The van der Waals surface area contributed by atoms with Gasteiger partial charge in [0.1, 0.15) is 11.8 Å². The average Bonchev–Trinajstić information content (AvgIpc) is 3.03. The molecule has 1 rings (SSSR count). The molecular formula is C22H39NO4. The molecule has 1 aliphatic rings. The zero-order valence-corrected chi connectivity index (χ0v) is 17.2. The summed E-state index contributed by atoms with van der Waals surface area (Å²) in [6.07, 6.45) is 17.4. The first-order valence-corrected chi connectivity index (χ1v) is 11.1. The fraction of sp³-hybridized carbons (Fsp3) is 0.864. The maximum atomic E-state index is 11.8. The Bertz CT molecular complexity index is 436. The largest absolute Gasteiger partial charge is 0.464 e. The van der Waals surface area contributed by atoms with Crippen molar-refractivity contribution in [2.24, 2.45) is 0 Å². The topological polar surface area (TPSA) is 72.5 Å². The molecule has 0 aromatic heterocycles. The van der Waals surface area contributed by atoms with Gasteiger partial charge in [-0.05, 0) is 6.42 Å². The summed E-state index contributed by atoms with van der Waals surface area (Å²) in [6, 6.07) is -0.568. The van der Waals surface area contributed by atoms with Gasteiger partial charge in [-0.2, -0.15) is 0 Å². The van der Waals surface area contributed by atoms with E-state index in [-0.39, 0.29) is 18.1 Å². The number of hydrogen-bond acceptors (Lipinski definition) is 4. The first-order valence-electron chi connectivity index (χ1n) is 11.1. The second kappa shape index (κ2) is 15.6. The monoisotopic (exact) mass is 381 g/mol. The van der Waals surface area contributed by atoms with E-state index in [1.807, 2.05) is 0 Å². The highest BCUT2D eigenvalue weighted by Gasteiger charge is 2.28. The third kappa shape index (κ3) is 12.6. The third-order valence-electron chi connectivity index (χ3n) is 5.19. The lowest BCUT2D eigenvalue weighted by atomic mass is 10.0. The Morgan fingerprint density at radius 3 is 1.89 bits per heavy atom. The Morgan fingerprint density at radius 1 is 0.889 bits per heavy atom. The van der Waals surface area contributed by atoms with Crippen LogP contribution in [0.5, 0.6) is 0 Å². The summed E-state index contributed by atoms with van der Waals surface area (Å²) in [7, 11) is 0. The van der Waals surface area contributed by atoms with E-state index in [9.17, 15) is 14.4 Å². The molecule has 0 spiro atoms. The van der Waals surface area contributed by atoms with Crippen LogP contribution in [0.1, 0.15) is 110 Å². The summed E-state index contributed by atoms with van der Waals surface area (Å²) >= 11 is 0. The van der Waals surface area contributed by atoms with E-state index in [4.69, 9.17) is 4.74 Å². The first-order chi connectivity index (χ1) is 13.1. The van der Waals surface area contributed by atoms with Crippen LogP contribution in [0.4, 0.5) is 0 Å². The third-order valence-corrected chi connectivity index (χ3v) is 5.19. The predicted molar refractivity (Wildman–Crippen MR) is 107 cm³/mol. The molecule has 0 unspecified atom stereocenters. The van der Waals surface area contributed by atoms with Gasteiger partial charge < -0.3 is 10.1 Å². The number of amides is 1. The molecule has 0 radical (unpaired) electrons. The smallest absolute Gasteiger partial charge is 0.328 e. The Balaban J connectivity index is 1.85. The number of rotatable bonds is 17. The van der Waals surface area contributed by atoms with Crippen molar-refractivity contribution in [1.29, 1.82) is 0 Å². The van der Waals surface area contributed by atoms with Gasteiger partial charge in [0.25, 0.3) is 0 Å². The summed E-state index contributed by atoms with van der Waals surface area (Å²) in [5.74, 6) is -0.798. The van der Waals surface area contributed by atoms with Gasteiger partial charge in [-0.25, -0.2) is 4.79 Å². The second-order valence-corrected chi connectivity index (χ2v) is 7.78. The van der Waals surface area contributed by atoms with Gasteiger partial charge in [0.15, 0.2) is 0 Å². The quantitative estimate of drug-likeness (QED) is 0.222. The molecule has 1 N–H and O–H groups in total. The molecule has 0 saturated carbocycles. The lowest BCUT2D eigenvalue weighted by Crippen LogP contribution is -2.38. The lowest BCUT2D eigenvalue weighted by Gasteiger charge is -2.08. The Morgan fingerprint density at radius 2 is 1.41 bits per heavy atom. The Kier molecular flexibility index (Phi) is 13.7. The van der Waals surface area contributed by atoms with Gasteiger partial charge in [0.2, 0.25) is 5.91 Å². The van der Waals surface area contributed by atoms with Crippen molar-refractivity contribution in [2.45, 2.75) is 116 Å². The zero-order chi connectivity index (χ0) is 19.7. The number of carbonyl (C=O) groups excluding carboxylic acids is 3. The summed E-state index contributed by atoms with van der Waals surface area (Å²) in [6.45, 7) is 2.60. The molecule has 0 aromatic carbocycles. The van der Waals surface area contributed by atoms with Crippen LogP contribution < -0.4 is 5.32 Å². The maximum absolute atomic E-state index is 11.8. The fourth-order valence-corrected chi connectivity index (χ4v) is 3.48. The molecule has 1 heterocycles. The van der Waals surface area contributed by atoms with E-state index in [0.717, 1.165) is 12.8 Å². The minimum atomic E-state index is -0.568. The van der Waals surface area contributed by atoms with Crippen LogP contribution in [-0.4, -0.2) is 30.3 Å². The first kappa shape index (κ1) is 23.6. The molecule has 0 aliphatic carbocycles. The van der Waals surface area contributed by atoms with Crippen molar-refractivity contribution in [3.63, 3.8) is 0 Å². The van der Waals surface area contributed by atoms with Gasteiger partial charge in [-0.15, -0.1) is 0 Å². The van der Waals surface area contributed by atoms with Crippen molar-refractivity contribution >= 4 is 17.7 Å². The lowest BCUT2D eigenvalue weighted by molar-refractivity contribution is -0.142. The van der Waals surface area contributed by atoms with E-state index in [2.05, 4.69) is 12.2 Å². The van der Waals surface area contributed by atoms with E-state index in [1.54, 1.807) is 0 Å². The molecule has 1 atom stereocenters. The van der Waals surface area contributed by atoms with Crippen LogP contribution in [0.15, 0.2) is 0 Å². The summed E-state index contributed by atoms with van der Waals surface area (Å²) in [5.41, 5.74) is 0. The van der Waals surface area contributed by atoms with Crippen LogP contribution >= 0.6 is 0 Å². The molecule has 5 heteroatoms. The molecule has 5 nitrogen and oxygen atoms in total. The SMILES string of the molecule is CCCCCCCCCCCCCCCC(=O)CC(=O)N[C@H]1CCOC1=O. The molecule has 27 heavy (non-hydrogen) atoms. The molecule has 1 aliphatic heterocycles. The summed E-state index contributed by atoms with van der Waals surface area (Å²) < 4.78 is 4.79. The maximum Gasteiger partial charge on any atom is 0.328 e. The van der Waals surface area contributed by atoms with Gasteiger partial charge in [0, 0.05) is 12.8 Å². The van der Waals surface area contributed by atoms with Crippen LogP contribution in [0.25, 0.3) is 0 Å². The molecule has 0 bridgehead atoms. The number of hydrogen-bond donors (Lipinski definition) is 1. The number of carbonyl (C=O) groups is 3. The van der Waals surface area contributed by atoms with Crippen molar-refractivity contribution in [3.05, 3.63) is 0 Å². The molecule has 156 valence electrons. The number of ether oxygens (including phenoxy) is 1. The van der Waals surface area contributed by atoms with Crippen molar-refractivity contribution in [3.8, 4) is 0 Å². The molecule has 1 fully saturated rings. The average molecular weight is 382 g/mol. The zero-order valence-electron chi connectivity index (χ0n) is 17.2. The second-order valence-electron chi connectivity index (χ2n) is 7.78. The van der Waals surface area contributed by atoms with E-state index < -0.39 is 12.0 Å². The van der Waals surface area contributed by atoms with Crippen molar-refractivity contribution in [1.82, 2.24) is 5.32 Å². The van der Waals surface area contributed by atoms with Crippen LogP contribution in [0, 0.1) is 0 Å². The molecular weight excluding hydrogens is 342 g/mol. The normalized spacial score (nSPS) is 16.3. The van der Waals surface area contributed by atoms with Gasteiger partial charge in [-0.3, -0.25) is 9.59 Å². The summed E-state index contributed by atoms with van der Waals surface area (Å²) in [5, 5.41) is 2.57. The molecule has 1 saturated heterocycles. The number of Topliss-reactive ketones (excluding diaryl/α,β-unsaturated/α-hetero) is 1. The highest BCUT2D eigenvalue weighted by atomic mass is 16.5. The van der Waals surface area contributed by atoms with Crippen LogP contribution in [-0.2, 0) is 19.1 Å². The van der Waals surface area contributed by atoms with E-state index in [1.165, 1.54) is 70.6 Å². The number of ketones is 1. The standard InChI is InChI=1S/C22H39NO4/c1-2-3-4-5-6-7-8-9-10-11-12-13-14-15-19(24)18-21(25)23-20-16-17-27-22(20)26/h20H,2-18H2,1H3,(H,23,25)/t20-/m0/s1. The minimum absolute atomic E-state index is 0.0399. The van der Waals surface area contributed by atoms with Gasteiger partial charge >= 0.3 is 5.97 Å². The number of unbranched alkanes of at least 4 members (excludes halogenated alkanes) is 12. The van der Waals surface area contributed by atoms with Gasteiger partial charge in [0.05, 0.1) is 13.0 Å². The highest BCUT2D eigenvalue weighted by molar-refractivity contribution is 5.99. The summed E-state index contributed by atoms with van der Waals surface area (Å²) in [4.78, 5) is 34.9. The number of esters is 1. The molecule has 1 amide bonds. The van der Waals surface area contributed by atoms with Crippen molar-refractivity contribution in [2.75, 3.05) is 6.61 Å². The fourth-order valence-electron chi connectivity index (χ4n) is 3.48. The van der Waals surface area contributed by atoms with Gasteiger partial charge in [-0.1, -0.05) is 84.0 Å². The molecule has 0 aromatic rings. The predicted octanol–water partition coefficient (Wildman–Crippen LogP) is 4.86. The van der Waals surface area contributed by atoms with E-state index in [0.29, 0.717) is 19.4 Å². The van der Waals surface area contributed by atoms with Crippen LogP contribution in [0.3, 0.4) is 0 Å². The van der Waals surface area contributed by atoms with E-state index >= 15 is 0 Å². The van der Waals surface area contributed by atoms with Crippen LogP contribution in [0.2, 0.25) is 0 Å². The number of cyclic esters (lactones) is 1. The minimum Gasteiger partial charge on any atom is -0.464 e. The Hall–Kier alpha value is -1.39. The Labute approximate surface area is 165 Å². The van der Waals surface area contributed by atoms with Crippen molar-refractivity contribution < 1.29 is 19.1 Å². The highest BCUT2D eigenvalue weighted by Crippen LogP contribution is 2.13.